The molecule has 0 aliphatic carbocycles. The van der Waals surface area contributed by atoms with Crippen molar-refractivity contribution in [3.8, 4) is 17.0 Å². The van der Waals surface area contributed by atoms with Crippen LogP contribution in [0.4, 0.5) is 0 Å². The summed E-state index contributed by atoms with van der Waals surface area (Å²) < 4.78 is 7.70. The summed E-state index contributed by atoms with van der Waals surface area (Å²) in [5.74, 6) is 1.98. The molecule has 1 N–H and O–H groups in total. The van der Waals surface area contributed by atoms with E-state index < -0.39 is 0 Å². The van der Waals surface area contributed by atoms with E-state index in [2.05, 4.69) is 24.3 Å². The predicted molar refractivity (Wildman–Crippen MR) is 99.8 cm³/mol. The molecule has 1 aliphatic rings. The van der Waals surface area contributed by atoms with E-state index in [9.17, 15) is 4.79 Å². The third kappa shape index (κ3) is 4.28. The van der Waals surface area contributed by atoms with E-state index >= 15 is 0 Å². The van der Waals surface area contributed by atoms with E-state index in [1.807, 2.05) is 24.3 Å². The summed E-state index contributed by atoms with van der Waals surface area (Å²) in [7, 11) is 1.66. The number of benzene rings is 1. The highest BCUT2D eigenvalue weighted by Crippen LogP contribution is 2.28. The average molecular weight is 341 g/mol. The van der Waals surface area contributed by atoms with Crippen molar-refractivity contribution in [3.63, 3.8) is 0 Å². The Hall–Kier alpha value is -2.14. The van der Waals surface area contributed by atoms with Crippen molar-refractivity contribution in [1.82, 2.24) is 15.1 Å². The van der Waals surface area contributed by atoms with Gasteiger partial charge in [-0.3, -0.25) is 4.79 Å². The molecule has 0 amide bonds. The van der Waals surface area contributed by atoms with Crippen LogP contribution in [-0.2, 0) is 7.05 Å². The van der Waals surface area contributed by atoms with Gasteiger partial charge in [0.15, 0.2) is 0 Å². The van der Waals surface area contributed by atoms with Crippen molar-refractivity contribution >= 4 is 0 Å². The normalized spacial score (nSPS) is 16.8. The predicted octanol–water partition coefficient (Wildman–Crippen LogP) is 2.85. The molecular formula is C20H27N3O2. The Morgan fingerprint density at radius 3 is 2.40 bits per heavy atom. The molecule has 5 nitrogen and oxygen atoms in total. The molecule has 0 radical (unpaired) electrons. The first kappa shape index (κ1) is 17.7. The van der Waals surface area contributed by atoms with Crippen LogP contribution in [0, 0.1) is 11.8 Å². The van der Waals surface area contributed by atoms with Gasteiger partial charge in [0.05, 0.1) is 5.69 Å². The summed E-state index contributed by atoms with van der Waals surface area (Å²) >= 11 is 0. The van der Waals surface area contributed by atoms with E-state index in [0.29, 0.717) is 11.8 Å². The molecule has 25 heavy (non-hydrogen) atoms. The number of nitrogens with one attached hydrogen (secondary N) is 1. The fourth-order valence-electron chi connectivity index (χ4n) is 3.47. The number of aromatic nitrogens is 2. The molecule has 1 saturated heterocycles. The van der Waals surface area contributed by atoms with E-state index in [0.717, 1.165) is 30.1 Å². The Kier molecular flexibility index (Phi) is 5.53. The second-order valence-corrected chi connectivity index (χ2v) is 7.12. The van der Waals surface area contributed by atoms with Crippen molar-refractivity contribution in [2.75, 3.05) is 13.1 Å². The molecule has 1 aromatic carbocycles. The van der Waals surface area contributed by atoms with Gasteiger partial charge in [0.1, 0.15) is 11.9 Å². The zero-order valence-electron chi connectivity index (χ0n) is 15.2. The molecule has 3 rings (SSSR count). The second kappa shape index (κ2) is 7.83. The van der Waals surface area contributed by atoms with Crippen LogP contribution in [0.15, 0.2) is 41.2 Å². The number of hydrogen-bond acceptors (Lipinski definition) is 4. The van der Waals surface area contributed by atoms with Gasteiger partial charge in [-0.05, 0) is 68.1 Å². The van der Waals surface area contributed by atoms with Crippen LogP contribution in [0.5, 0.6) is 5.75 Å². The van der Waals surface area contributed by atoms with Gasteiger partial charge in [0.2, 0.25) is 0 Å². The fraction of sp³-hybridized carbons (Fsp3) is 0.500. The monoisotopic (exact) mass is 341 g/mol. The Morgan fingerprint density at radius 1 is 1.12 bits per heavy atom. The number of aryl methyl sites for hydroxylation is 1. The Balaban J connectivity index is 1.74. The summed E-state index contributed by atoms with van der Waals surface area (Å²) in [4.78, 5) is 11.5. The quantitative estimate of drug-likeness (QED) is 0.908. The maximum Gasteiger partial charge on any atom is 0.266 e. The lowest BCUT2D eigenvalue weighted by molar-refractivity contribution is 0.0720. The average Bonchev–Trinajstić information content (AvgIpc) is 2.63. The minimum absolute atomic E-state index is 0.106. The summed E-state index contributed by atoms with van der Waals surface area (Å²) in [5, 5.41) is 7.71. The molecule has 2 aromatic rings. The summed E-state index contributed by atoms with van der Waals surface area (Å²) in [6, 6.07) is 11.3. The Bertz CT molecular complexity index is 746. The molecule has 0 spiro atoms. The number of ether oxygens (including phenoxy) is 1. The third-order valence-corrected chi connectivity index (χ3v) is 4.89. The van der Waals surface area contributed by atoms with Crippen LogP contribution in [0.2, 0.25) is 0 Å². The van der Waals surface area contributed by atoms with Gasteiger partial charge in [-0.15, -0.1) is 0 Å². The SMILES string of the molecule is CC(C)C(Oc1ccc(-c2ccc(=O)n(C)n2)cc1)C1CCNCC1. The van der Waals surface area contributed by atoms with E-state index in [1.165, 1.54) is 17.5 Å². The zero-order valence-corrected chi connectivity index (χ0v) is 15.2. The molecule has 5 heteroatoms. The Labute approximate surface area is 149 Å². The van der Waals surface area contributed by atoms with Crippen LogP contribution in [-0.4, -0.2) is 29.0 Å². The number of rotatable bonds is 5. The standard InChI is InChI=1S/C20H27N3O2/c1-14(2)20(16-10-12-21-13-11-16)25-17-6-4-15(5-7-17)18-8-9-19(24)23(3)22-18/h4-9,14,16,20-21H,10-13H2,1-3H3. The van der Waals surface area contributed by atoms with Crippen LogP contribution >= 0.6 is 0 Å². The minimum Gasteiger partial charge on any atom is -0.490 e. The smallest absolute Gasteiger partial charge is 0.266 e. The summed E-state index contributed by atoms with van der Waals surface area (Å²) in [6.07, 6.45) is 2.58. The van der Waals surface area contributed by atoms with E-state index in [4.69, 9.17) is 4.74 Å². The fourth-order valence-corrected chi connectivity index (χ4v) is 3.47. The highest BCUT2D eigenvalue weighted by Gasteiger charge is 2.27. The largest absolute Gasteiger partial charge is 0.490 e. The second-order valence-electron chi connectivity index (χ2n) is 7.12. The van der Waals surface area contributed by atoms with Crippen LogP contribution in [0.1, 0.15) is 26.7 Å². The molecule has 1 aliphatic heterocycles. The van der Waals surface area contributed by atoms with Gasteiger partial charge in [-0.25, -0.2) is 4.68 Å². The van der Waals surface area contributed by atoms with E-state index in [-0.39, 0.29) is 11.7 Å². The van der Waals surface area contributed by atoms with Gasteiger partial charge >= 0.3 is 0 Å². The van der Waals surface area contributed by atoms with Crippen LogP contribution in [0.25, 0.3) is 11.3 Å². The van der Waals surface area contributed by atoms with Gasteiger partial charge < -0.3 is 10.1 Å². The van der Waals surface area contributed by atoms with Crippen molar-refractivity contribution < 1.29 is 4.74 Å². The van der Waals surface area contributed by atoms with Crippen molar-refractivity contribution in [3.05, 3.63) is 46.8 Å². The van der Waals surface area contributed by atoms with Gasteiger partial charge in [-0.2, -0.15) is 5.10 Å². The molecule has 134 valence electrons. The number of nitrogens with zero attached hydrogens (tertiary/aromatic N) is 2. The topological polar surface area (TPSA) is 56.2 Å². The summed E-state index contributed by atoms with van der Waals surface area (Å²) in [6.45, 7) is 6.62. The lowest BCUT2D eigenvalue weighted by Gasteiger charge is -2.33. The zero-order chi connectivity index (χ0) is 17.8. The first-order valence-electron chi connectivity index (χ1n) is 9.07. The van der Waals surface area contributed by atoms with Crippen LogP contribution in [0.3, 0.4) is 0 Å². The number of piperidine rings is 1. The maximum absolute atomic E-state index is 11.5. The van der Waals surface area contributed by atoms with E-state index in [1.54, 1.807) is 19.2 Å². The number of hydrogen-bond donors (Lipinski definition) is 1. The molecule has 0 bridgehead atoms. The molecule has 0 saturated carbocycles. The van der Waals surface area contributed by atoms with Gasteiger partial charge in [-0.1, -0.05) is 13.8 Å². The van der Waals surface area contributed by atoms with Gasteiger partial charge in [0.25, 0.3) is 5.56 Å². The molecule has 1 fully saturated rings. The van der Waals surface area contributed by atoms with Crippen molar-refractivity contribution in [2.45, 2.75) is 32.8 Å². The first-order chi connectivity index (χ1) is 12.0. The van der Waals surface area contributed by atoms with Crippen LogP contribution < -0.4 is 15.6 Å². The highest BCUT2D eigenvalue weighted by atomic mass is 16.5. The lowest BCUT2D eigenvalue weighted by atomic mass is 9.86. The first-order valence-corrected chi connectivity index (χ1v) is 9.07. The van der Waals surface area contributed by atoms with Crippen molar-refractivity contribution in [2.24, 2.45) is 18.9 Å². The molecule has 1 aromatic heterocycles. The molecule has 2 heterocycles. The maximum atomic E-state index is 11.5. The summed E-state index contributed by atoms with van der Waals surface area (Å²) in [5.41, 5.74) is 1.66. The molecule has 1 atom stereocenters. The third-order valence-electron chi connectivity index (χ3n) is 4.89. The Morgan fingerprint density at radius 2 is 1.80 bits per heavy atom. The minimum atomic E-state index is -0.106. The molecular weight excluding hydrogens is 314 g/mol. The molecule has 1 unspecified atom stereocenters. The highest BCUT2D eigenvalue weighted by molar-refractivity contribution is 5.59. The van der Waals surface area contributed by atoms with Gasteiger partial charge in [0, 0.05) is 18.7 Å². The lowest BCUT2D eigenvalue weighted by Crippen LogP contribution is -2.39. The van der Waals surface area contributed by atoms with Crippen molar-refractivity contribution in [1.29, 1.82) is 0 Å².